The molecule has 0 saturated heterocycles. The normalized spacial score (nSPS) is 13.0. The molecule has 0 fully saturated rings. The molecule has 0 radical (unpaired) electrons. The topological polar surface area (TPSA) is 68.2 Å². The Morgan fingerprint density at radius 3 is 1.28 bits per heavy atom. The molecule has 2 N–H and O–H groups in total. The summed E-state index contributed by atoms with van der Waals surface area (Å²) in [5, 5.41) is 16.5. The summed E-state index contributed by atoms with van der Waals surface area (Å²) in [5.41, 5.74) is 0. The van der Waals surface area contributed by atoms with Crippen LogP contribution in [0.4, 0.5) is 0 Å². The Hall–Kier alpha value is -0.200. The first-order valence-electron chi connectivity index (χ1n) is 12.1. The van der Waals surface area contributed by atoms with Crippen molar-refractivity contribution < 1.29 is 24.4 Å². The Morgan fingerprint density at radius 2 is 0.931 bits per heavy atom. The summed E-state index contributed by atoms with van der Waals surface area (Å²) < 4.78 is 15.8. The molecule has 0 aliphatic heterocycles. The monoisotopic (exact) mass is 420 g/mol. The van der Waals surface area contributed by atoms with Crippen molar-refractivity contribution >= 4 is 0 Å². The van der Waals surface area contributed by atoms with Crippen LogP contribution in [0, 0.1) is 0 Å². The van der Waals surface area contributed by atoms with Gasteiger partial charge < -0.3 is 24.4 Å². The highest BCUT2D eigenvalue weighted by atomic mass is 16.5. The van der Waals surface area contributed by atoms with Gasteiger partial charge in [0.1, 0.15) is 0 Å². The van der Waals surface area contributed by atoms with E-state index < -0.39 is 0 Å². The number of aliphatic hydroxyl groups is 2. The van der Waals surface area contributed by atoms with Crippen LogP contribution >= 0.6 is 0 Å². The van der Waals surface area contributed by atoms with Gasteiger partial charge in [-0.2, -0.15) is 0 Å². The summed E-state index contributed by atoms with van der Waals surface area (Å²) in [6.07, 6.45) is 17.1. The molecule has 0 aromatic carbocycles. The van der Waals surface area contributed by atoms with E-state index in [-0.39, 0.29) is 13.2 Å². The van der Waals surface area contributed by atoms with Gasteiger partial charge in [0.2, 0.25) is 0 Å². The minimum absolute atomic E-state index is 0.0417. The average molecular weight is 421 g/mol. The molecule has 0 amide bonds. The summed E-state index contributed by atoms with van der Waals surface area (Å²) >= 11 is 0. The predicted molar refractivity (Wildman–Crippen MR) is 123 cm³/mol. The quantitative estimate of drug-likeness (QED) is 0.240. The molecule has 0 saturated carbocycles. The molecule has 0 heterocycles. The smallest absolute Gasteiger partial charge is 0.0701 e. The predicted octanol–water partition coefficient (Wildman–Crippen LogP) is 5.51. The van der Waals surface area contributed by atoms with Crippen LogP contribution in [0.1, 0.15) is 105 Å². The number of hydrogen-bond acceptors (Lipinski definition) is 5. The summed E-state index contributed by atoms with van der Waals surface area (Å²) in [5.74, 6) is 0. The van der Waals surface area contributed by atoms with E-state index in [1.54, 1.807) is 0 Å². The van der Waals surface area contributed by atoms with Gasteiger partial charge in [-0.25, -0.2) is 0 Å². The first kappa shape index (κ1) is 31.0. The van der Waals surface area contributed by atoms with Crippen molar-refractivity contribution in [3.8, 4) is 0 Å². The molecule has 0 aromatic rings. The third-order valence-corrected chi connectivity index (χ3v) is 4.74. The molecule has 0 aromatic heterocycles. The van der Waals surface area contributed by atoms with Gasteiger partial charge in [-0.15, -0.1) is 0 Å². The fourth-order valence-electron chi connectivity index (χ4n) is 3.05. The zero-order chi connectivity index (χ0) is 22.0. The number of ether oxygens (including phenoxy) is 3. The summed E-state index contributed by atoms with van der Waals surface area (Å²) in [6.45, 7) is 10.8. The van der Waals surface area contributed by atoms with Crippen molar-refractivity contribution in [1.29, 1.82) is 0 Å². The van der Waals surface area contributed by atoms with Crippen molar-refractivity contribution in [2.45, 2.75) is 117 Å². The van der Waals surface area contributed by atoms with Crippen LogP contribution in [-0.2, 0) is 14.2 Å². The van der Waals surface area contributed by atoms with Crippen LogP contribution in [0.25, 0.3) is 0 Å². The van der Waals surface area contributed by atoms with E-state index in [0.29, 0.717) is 38.6 Å². The molecule has 29 heavy (non-hydrogen) atoms. The minimum atomic E-state index is 0.0417. The third-order valence-electron chi connectivity index (χ3n) is 4.74. The van der Waals surface area contributed by atoms with Crippen molar-refractivity contribution in [3.63, 3.8) is 0 Å². The van der Waals surface area contributed by atoms with Gasteiger partial charge in [0, 0.05) is 0 Å². The average Bonchev–Trinajstić information content (AvgIpc) is 2.71. The van der Waals surface area contributed by atoms with E-state index in [1.165, 1.54) is 77.0 Å². The van der Waals surface area contributed by atoms with Gasteiger partial charge >= 0.3 is 0 Å². The fourth-order valence-corrected chi connectivity index (χ4v) is 3.05. The number of rotatable bonds is 21. The highest BCUT2D eigenvalue weighted by Gasteiger charge is 2.08. The zero-order valence-corrected chi connectivity index (χ0v) is 20.0. The summed E-state index contributed by atoms with van der Waals surface area (Å²) in [7, 11) is 0. The van der Waals surface area contributed by atoms with Crippen molar-refractivity contribution in [1.82, 2.24) is 0 Å². The molecular formula is C24H52O5. The van der Waals surface area contributed by atoms with E-state index >= 15 is 0 Å². The minimum Gasteiger partial charge on any atom is -0.394 e. The van der Waals surface area contributed by atoms with Crippen LogP contribution in [0.3, 0.4) is 0 Å². The Bertz CT molecular complexity index is 250. The maximum Gasteiger partial charge on any atom is 0.0701 e. The molecule has 0 bridgehead atoms. The van der Waals surface area contributed by atoms with E-state index in [9.17, 15) is 0 Å². The van der Waals surface area contributed by atoms with Gasteiger partial charge in [-0.3, -0.25) is 0 Å². The van der Waals surface area contributed by atoms with E-state index in [0.717, 1.165) is 0 Å². The first-order valence-corrected chi connectivity index (χ1v) is 12.1. The molecule has 0 aliphatic rings. The van der Waals surface area contributed by atoms with Crippen molar-refractivity contribution in [2.24, 2.45) is 0 Å². The number of hydrogen-bond donors (Lipinski definition) is 2. The molecule has 0 spiro atoms. The number of unbranched alkanes of at least 4 members (excludes halogenated alkanes) is 8. The van der Waals surface area contributed by atoms with Crippen LogP contribution in [0.15, 0.2) is 0 Å². The van der Waals surface area contributed by atoms with Crippen molar-refractivity contribution in [3.05, 3.63) is 0 Å². The Labute approximate surface area is 181 Å². The Balaban J connectivity index is 0. The first-order chi connectivity index (χ1) is 14.1. The standard InChI is InChI=1S/C18H38O.C6H14O4/c1-5-7-9-11-13-15-17(3)19-18(4)16-14-12-10-8-6-2;7-1-3-9-5-6-10-4-2-8/h17-18H,5-16H2,1-4H3;7-8H,1-6H2. The fraction of sp³-hybridized carbons (Fsp3) is 1.00. The zero-order valence-electron chi connectivity index (χ0n) is 20.0. The lowest BCUT2D eigenvalue weighted by Crippen LogP contribution is -2.17. The Morgan fingerprint density at radius 1 is 0.552 bits per heavy atom. The molecule has 5 nitrogen and oxygen atoms in total. The van der Waals surface area contributed by atoms with E-state index in [4.69, 9.17) is 24.4 Å². The van der Waals surface area contributed by atoms with Crippen LogP contribution in [-0.4, -0.2) is 62.1 Å². The lowest BCUT2D eigenvalue weighted by Gasteiger charge is -2.19. The van der Waals surface area contributed by atoms with Gasteiger partial charge in [0.15, 0.2) is 0 Å². The molecule has 0 rings (SSSR count). The highest BCUT2D eigenvalue weighted by molar-refractivity contribution is 4.58. The SMILES string of the molecule is CCCCCCCC(C)OC(C)CCCCCCC.OCCOCCOCCO. The summed E-state index contributed by atoms with van der Waals surface area (Å²) in [6, 6.07) is 0. The van der Waals surface area contributed by atoms with Crippen LogP contribution in [0.2, 0.25) is 0 Å². The second-order valence-corrected chi connectivity index (χ2v) is 7.84. The summed E-state index contributed by atoms with van der Waals surface area (Å²) in [4.78, 5) is 0. The second kappa shape index (κ2) is 27.8. The van der Waals surface area contributed by atoms with Gasteiger partial charge in [0.25, 0.3) is 0 Å². The van der Waals surface area contributed by atoms with Gasteiger partial charge in [-0.05, 0) is 26.7 Å². The lowest BCUT2D eigenvalue weighted by atomic mass is 10.1. The third kappa shape index (κ3) is 30.1. The van der Waals surface area contributed by atoms with E-state index in [2.05, 4.69) is 27.7 Å². The van der Waals surface area contributed by atoms with E-state index in [1.807, 2.05) is 0 Å². The molecule has 5 heteroatoms. The molecule has 178 valence electrons. The molecule has 2 atom stereocenters. The molecule has 2 unspecified atom stereocenters. The van der Waals surface area contributed by atoms with Gasteiger partial charge in [0.05, 0.1) is 51.8 Å². The maximum atomic E-state index is 8.26. The van der Waals surface area contributed by atoms with Crippen LogP contribution in [0.5, 0.6) is 0 Å². The number of aliphatic hydroxyl groups excluding tert-OH is 2. The highest BCUT2D eigenvalue weighted by Crippen LogP contribution is 2.14. The lowest BCUT2D eigenvalue weighted by molar-refractivity contribution is -0.00231. The molecule has 0 aliphatic carbocycles. The second-order valence-electron chi connectivity index (χ2n) is 7.84. The molecular weight excluding hydrogens is 368 g/mol. The van der Waals surface area contributed by atoms with Gasteiger partial charge in [-0.1, -0.05) is 78.1 Å². The Kier molecular flexibility index (Phi) is 29.7. The maximum absolute atomic E-state index is 8.26. The van der Waals surface area contributed by atoms with Crippen molar-refractivity contribution in [2.75, 3.05) is 39.6 Å². The van der Waals surface area contributed by atoms with Crippen LogP contribution < -0.4 is 0 Å². The largest absolute Gasteiger partial charge is 0.394 e.